The standard InChI is InChI=1S/C35H60NO3.ClH/c1-30(2)17-19-35-20-18-33(6)23(28(35)29(30)38-22-35)11-12-25-32(5)15-14-26(39-27(37)21-36(8,9)10)31(3,4)24(32)13-16-34(25,33)7;/h23-26,28-29H,11-22H2,1-10H3;1H/q+1;/p-1/t23?,24?,25?,26?,28?,29-,32+,33-,34-,35-;/m1./s1. The summed E-state index contributed by atoms with van der Waals surface area (Å²) in [7, 11) is 6.21. The minimum Gasteiger partial charge on any atom is -1.00 e. The number of hydrogen-bond acceptors (Lipinski definition) is 3. The number of ether oxygens (including phenoxy) is 2. The van der Waals surface area contributed by atoms with Crippen molar-refractivity contribution in [1.82, 2.24) is 0 Å². The highest BCUT2D eigenvalue weighted by Crippen LogP contribution is 2.78. The number of likely N-dealkylation sites (N-methyl/N-ethyl adjacent to an activating group) is 1. The summed E-state index contributed by atoms with van der Waals surface area (Å²) in [5, 5.41) is 0. The average Bonchev–Trinajstić information content (AvgIpc) is 3.14. The number of rotatable bonds is 3. The Morgan fingerprint density at radius 3 is 2.15 bits per heavy atom. The van der Waals surface area contributed by atoms with Crippen molar-refractivity contribution in [3.8, 4) is 0 Å². The molecule has 6 rings (SSSR count). The second-order valence-electron chi connectivity index (χ2n) is 18.6. The van der Waals surface area contributed by atoms with E-state index in [4.69, 9.17) is 9.47 Å². The van der Waals surface area contributed by atoms with Gasteiger partial charge in [0, 0.05) is 5.41 Å². The molecule has 2 bridgehead atoms. The number of fused-ring (bicyclic) bond motifs is 5. The molecule has 10 atom stereocenters. The van der Waals surface area contributed by atoms with Gasteiger partial charge in [0.15, 0.2) is 6.54 Å². The van der Waals surface area contributed by atoms with Crippen LogP contribution in [0.1, 0.15) is 113 Å². The van der Waals surface area contributed by atoms with Gasteiger partial charge in [-0.2, -0.15) is 0 Å². The third kappa shape index (κ3) is 4.14. The van der Waals surface area contributed by atoms with E-state index in [2.05, 4.69) is 69.6 Å². The molecule has 1 heterocycles. The van der Waals surface area contributed by atoms with E-state index in [1.807, 2.05) is 0 Å². The van der Waals surface area contributed by atoms with Gasteiger partial charge in [0.2, 0.25) is 0 Å². The van der Waals surface area contributed by atoms with E-state index in [9.17, 15) is 4.79 Å². The maximum Gasteiger partial charge on any atom is 0.362 e. The summed E-state index contributed by atoms with van der Waals surface area (Å²) in [6.45, 7) is 19.5. The molecule has 6 aliphatic rings. The van der Waals surface area contributed by atoms with Crippen molar-refractivity contribution < 1.29 is 31.2 Å². The lowest BCUT2D eigenvalue weighted by Gasteiger charge is -2.73. The van der Waals surface area contributed by atoms with Gasteiger partial charge >= 0.3 is 5.97 Å². The van der Waals surface area contributed by atoms with E-state index < -0.39 is 0 Å². The number of halogens is 1. The average molecular weight is 578 g/mol. The van der Waals surface area contributed by atoms with Gasteiger partial charge in [-0.1, -0.05) is 48.5 Å². The van der Waals surface area contributed by atoms with Crippen LogP contribution in [0.15, 0.2) is 0 Å². The minimum atomic E-state index is -0.0266. The fourth-order valence-electron chi connectivity index (χ4n) is 12.7. The Morgan fingerprint density at radius 1 is 0.800 bits per heavy atom. The Bertz CT molecular complexity index is 1020. The molecule has 5 aliphatic carbocycles. The zero-order valence-corrected chi connectivity index (χ0v) is 28.3. The molecular formula is C35H60ClNO3. The first kappa shape index (κ1) is 31.1. The molecule has 0 aromatic heterocycles. The van der Waals surface area contributed by atoms with Crippen LogP contribution in [0.3, 0.4) is 0 Å². The zero-order valence-electron chi connectivity index (χ0n) is 27.5. The summed E-state index contributed by atoms with van der Waals surface area (Å²) >= 11 is 0. The molecule has 5 saturated carbocycles. The molecule has 5 heteroatoms. The molecule has 1 aliphatic heterocycles. The van der Waals surface area contributed by atoms with Crippen LogP contribution >= 0.6 is 0 Å². The van der Waals surface area contributed by atoms with Crippen LogP contribution in [-0.2, 0) is 14.3 Å². The van der Waals surface area contributed by atoms with Gasteiger partial charge in [-0.15, -0.1) is 0 Å². The number of quaternary nitrogens is 1. The van der Waals surface area contributed by atoms with Crippen molar-refractivity contribution in [3.63, 3.8) is 0 Å². The molecule has 6 fully saturated rings. The monoisotopic (exact) mass is 577 g/mol. The van der Waals surface area contributed by atoms with Gasteiger partial charge in [0.25, 0.3) is 0 Å². The van der Waals surface area contributed by atoms with Gasteiger partial charge in [0.05, 0.1) is 33.9 Å². The lowest BCUT2D eigenvalue weighted by molar-refractivity contribution is -0.862. The van der Waals surface area contributed by atoms with Crippen molar-refractivity contribution in [2.45, 2.75) is 125 Å². The highest BCUT2D eigenvalue weighted by atomic mass is 35.5. The van der Waals surface area contributed by atoms with E-state index in [1.54, 1.807) is 0 Å². The highest BCUT2D eigenvalue weighted by molar-refractivity contribution is 5.70. The van der Waals surface area contributed by atoms with Crippen molar-refractivity contribution in [1.29, 1.82) is 0 Å². The van der Waals surface area contributed by atoms with Crippen LogP contribution < -0.4 is 12.4 Å². The van der Waals surface area contributed by atoms with Gasteiger partial charge in [-0.25, -0.2) is 4.79 Å². The summed E-state index contributed by atoms with van der Waals surface area (Å²) in [6, 6.07) is 0. The van der Waals surface area contributed by atoms with E-state index in [1.165, 1.54) is 57.8 Å². The minimum absolute atomic E-state index is 0. The smallest absolute Gasteiger partial charge is 0.362 e. The topological polar surface area (TPSA) is 35.5 Å². The number of carbonyl (C=O) groups is 1. The molecule has 5 unspecified atom stereocenters. The Kier molecular flexibility index (Phi) is 7.27. The molecular weight excluding hydrogens is 518 g/mol. The number of esters is 1. The Balaban J connectivity index is 0.00000323. The normalized spacial score (nSPS) is 50.4. The van der Waals surface area contributed by atoms with Crippen molar-refractivity contribution >= 4 is 5.97 Å². The van der Waals surface area contributed by atoms with E-state index in [-0.39, 0.29) is 29.9 Å². The highest BCUT2D eigenvalue weighted by Gasteiger charge is 2.72. The summed E-state index contributed by atoms with van der Waals surface area (Å²) in [6.07, 6.45) is 13.6. The Hall–Kier alpha value is -0.320. The quantitative estimate of drug-likeness (QED) is 0.366. The van der Waals surface area contributed by atoms with Gasteiger partial charge < -0.3 is 26.4 Å². The van der Waals surface area contributed by atoms with E-state index in [0.29, 0.717) is 50.1 Å². The van der Waals surface area contributed by atoms with E-state index in [0.717, 1.165) is 30.8 Å². The molecule has 0 aromatic rings. The summed E-state index contributed by atoms with van der Waals surface area (Å²) in [5.41, 5.74) is 1.90. The Labute approximate surface area is 252 Å². The second-order valence-corrected chi connectivity index (χ2v) is 18.6. The Morgan fingerprint density at radius 2 is 1.48 bits per heavy atom. The molecule has 40 heavy (non-hydrogen) atoms. The van der Waals surface area contributed by atoms with Gasteiger partial charge in [0.1, 0.15) is 6.10 Å². The second kappa shape index (κ2) is 9.34. The summed E-state index contributed by atoms with van der Waals surface area (Å²) in [5.74, 6) is 2.91. The third-order valence-electron chi connectivity index (χ3n) is 15.0. The lowest BCUT2D eigenvalue weighted by atomic mass is 9.31. The first-order valence-corrected chi connectivity index (χ1v) is 16.5. The molecule has 1 saturated heterocycles. The maximum atomic E-state index is 12.9. The fraction of sp³-hybridized carbons (Fsp3) is 0.971. The van der Waals surface area contributed by atoms with Crippen molar-refractivity contribution in [2.24, 2.45) is 56.2 Å². The van der Waals surface area contributed by atoms with Gasteiger partial charge in [-0.3, -0.25) is 0 Å². The first-order valence-electron chi connectivity index (χ1n) is 16.5. The van der Waals surface area contributed by atoms with Crippen LogP contribution in [-0.4, -0.2) is 57.0 Å². The summed E-state index contributed by atoms with van der Waals surface area (Å²) in [4.78, 5) is 12.9. The van der Waals surface area contributed by atoms with Crippen molar-refractivity contribution in [2.75, 3.05) is 34.3 Å². The fourth-order valence-corrected chi connectivity index (χ4v) is 12.7. The zero-order chi connectivity index (χ0) is 28.4. The molecule has 0 spiro atoms. The predicted molar refractivity (Wildman–Crippen MR) is 157 cm³/mol. The molecule has 0 aromatic carbocycles. The third-order valence-corrected chi connectivity index (χ3v) is 15.0. The van der Waals surface area contributed by atoms with Crippen LogP contribution in [0.25, 0.3) is 0 Å². The lowest BCUT2D eigenvalue weighted by Crippen LogP contribution is -3.00. The summed E-state index contributed by atoms with van der Waals surface area (Å²) < 4.78 is 13.7. The van der Waals surface area contributed by atoms with Gasteiger partial charge in [-0.05, 0) is 115 Å². The largest absolute Gasteiger partial charge is 1.00 e. The number of hydrogen-bond donors (Lipinski definition) is 0. The molecule has 230 valence electrons. The van der Waals surface area contributed by atoms with Crippen LogP contribution in [0.2, 0.25) is 0 Å². The molecule has 0 radical (unpaired) electrons. The molecule has 4 nitrogen and oxygen atoms in total. The first-order chi connectivity index (χ1) is 17.9. The van der Waals surface area contributed by atoms with Crippen LogP contribution in [0.5, 0.6) is 0 Å². The molecule has 0 amide bonds. The van der Waals surface area contributed by atoms with Crippen LogP contribution in [0.4, 0.5) is 0 Å². The maximum absolute atomic E-state index is 12.9. The molecule has 0 N–H and O–H groups in total. The predicted octanol–water partition coefficient (Wildman–Crippen LogP) is 4.50. The van der Waals surface area contributed by atoms with E-state index >= 15 is 0 Å². The number of nitrogens with zero attached hydrogens (tertiary/aromatic N) is 1. The SMILES string of the molecule is CC1(C)C(OC(=O)C[N+](C)(C)C)CC[C@@]2(C)C1CC[C@]1(C)C2CCC2C3[C@H]4OC[C@@]3(CCC4(C)C)CC[C@]21C.[Cl-]. The van der Waals surface area contributed by atoms with Crippen LogP contribution in [0, 0.1) is 56.2 Å². The van der Waals surface area contributed by atoms with Crippen molar-refractivity contribution in [3.05, 3.63) is 0 Å². The number of carbonyl (C=O) groups excluding carboxylic acids is 1.